The van der Waals surface area contributed by atoms with Gasteiger partial charge in [0.2, 0.25) is 11.8 Å². The number of para-hydroxylation sites is 1. The summed E-state index contributed by atoms with van der Waals surface area (Å²) >= 11 is 0. The Morgan fingerprint density at radius 1 is 1.15 bits per heavy atom. The van der Waals surface area contributed by atoms with Crippen molar-refractivity contribution in [2.75, 3.05) is 12.4 Å². The molecule has 1 aliphatic carbocycles. The summed E-state index contributed by atoms with van der Waals surface area (Å²) in [5.74, 6) is -0.323. The highest BCUT2D eigenvalue weighted by atomic mass is 16.2. The van der Waals surface area contributed by atoms with E-state index in [1.54, 1.807) is 6.92 Å². The largest absolute Gasteiger partial charge is 0.344 e. The number of hydrogen-bond donors (Lipinski definition) is 2. The van der Waals surface area contributed by atoms with Crippen LogP contribution in [-0.4, -0.2) is 35.8 Å². The number of rotatable bonds is 6. The van der Waals surface area contributed by atoms with Crippen molar-refractivity contribution in [3.05, 3.63) is 29.8 Å². The molecule has 2 N–H and O–H groups in total. The van der Waals surface area contributed by atoms with Crippen molar-refractivity contribution in [2.45, 2.75) is 78.4 Å². The van der Waals surface area contributed by atoms with Crippen LogP contribution in [0, 0.1) is 5.41 Å². The minimum absolute atomic E-state index is 0.129. The lowest BCUT2D eigenvalue weighted by atomic mass is 9.94. The van der Waals surface area contributed by atoms with E-state index >= 15 is 0 Å². The van der Waals surface area contributed by atoms with Crippen molar-refractivity contribution in [1.82, 2.24) is 10.2 Å². The third kappa shape index (κ3) is 6.35. The molecule has 5 nitrogen and oxygen atoms in total. The molecule has 2 rings (SSSR count). The van der Waals surface area contributed by atoms with Gasteiger partial charge in [-0.3, -0.25) is 14.5 Å². The number of amides is 2. The molecule has 0 radical (unpaired) electrons. The zero-order chi connectivity index (χ0) is 20.0. The third-order valence-corrected chi connectivity index (χ3v) is 5.32. The van der Waals surface area contributed by atoms with E-state index in [0.29, 0.717) is 6.04 Å². The molecule has 150 valence electrons. The average Bonchev–Trinajstić information content (AvgIpc) is 2.63. The lowest BCUT2D eigenvalue weighted by Crippen LogP contribution is -2.46. The van der Waals surface area contributed by atoms with E-state index in [9.17, 15) is 9.59 Å². The fourth-order valence-corrected chi connectivity index (χ4v) is 3.42. The van der Waals surface area contributed by atoms with E-state index in [1.807, 2.05) is 39.0 Å². The smallest absolute Gasteiger partial charge is 0.246 e. The van der Waals surface area contributed by atoms with Crippen molar-refractivity contribution in [3.63, 3.8) is 0 Å². The van der Waals surface area contributed by atoms with Crippen LogP contribution in [0.3, 0.4) is 0 Å². The number of hydrogen-bond acceptors (Lipinski definition) is 3. The van der Waals surface area contributed by atoms with Gasteiger partial charge in [0.05, 0.1) is 0 Å². The van der Waals surface area contributed by atoms with Crippen LogP contribution >= 0.6 is 0 Å². The SMILES string of the molecule is CC(NC(=O)C(C)(C)C)C(=O)Nc1ccccc1CN(C)C1CCCCC1. The molecule has 0 heterocycles. The number of nitrogens with zero attached hydrogens (tertiary/aromatic N) is 1. The zero-order valence-corrected chi connectivity index (χ0v) is 17.5. The summed E-state index contributed by atoms with van der Waals surface area (Å²) in [6, 6.07) is 7.96. The number of nitrogens with one attached hydrogen (secondary N) is 2. The van der Waals surface area contributed by atoms with Crippen LogP contribution < -0.4 is 10.6 Å². The van der Waals surface area contributed by atoms with Crippen LogP contribution in [0.1, 0.15) is 65.4 Å². The van der Waals surface area contributed by atoms with E-state index in [0.717, 1.165) is 17.8 Å². The minimum Gasteiger partial charge on any atom is -0.344 e. The van der Waals surface area contributed by atoms with Gasteiger partial charge in [-0.05, 0) is 38.4 Å². The van der Waals surface area contributed by atoms with Crippen LogP contribution in [0.5, 0.6) is 0 Å². The van der Waals surface area contributed by atoms with Gasteiger partial charge in [0.25, 0.3) is 0 Å². The first-order chi connectivity index (χ1) is 12.7. The number of carbonyl (C=O) groups is 2. The third-order valence-electron chi connectivity index (χ3n) is 5.32. The van der Waals surface area contributed by atoms with Crippen LogP contribution in [0.4, 0.5) is 5.69 Å². The van der Waals surface area contributed by atoms with Gasteiger partial charge in [0, 0.05) is 23.7 Å². The monoisotopic (exact) mass is 373 g/mol. The quantitative estimate of drug-likeness (QED) is 0.794. The number of carbonyl (C=O) groups excluding carboxylic acids is 2. The molecule has 0 spiro atoms. The Hall–Kier alpha value is -1.88. The molecule has 1 saturated carbocycles. The summed E-state index contributed by atoms with van der Waals surface area (Å²) in [6.45, 7) is 8.04. The Labute approximate surface area is 163 Å². The highest BCUT2D eigenvalue weighted by Gasteiger charge is 2.25. The fourth-order valence-electron chi connectivity index (χ4n) is 3.42. The predicted octanol–water partition coefficient (Wildman–Crippen LogP) is 3.94. The standard InChI is InChI=1S/C22H35N3O2/c1-16(23-21(27)22(2,3)4)20(26)24-19-14-10-9-11-17(19)15-25(5)18-12-7-6-8-13-18/h9-11,14,16,18H,6-8,12-13,15H2,1-5H3,(H,23,27)(H,24,26). The molecule has 1 fully saturated rings. The van der Waals surface area contributed by atoms with Crippen molar-refractivity contribution in [3.8, 4) is 0 Å². The van der Waals surface area contributed by atoms with Gasteiger partial charge in [-0.2, -0.15) is 0 Å². The Balaban J connectivity index is 2.00. The molecule has 1 aromatic rings. The van der Waals surface area contributed by atoms with Crippen molar-refractivity contribution >= 4 is 17.5 Å². The fraction of sp³-hybridized carbons (Fsp3) is 0.636. The molecule has 1 aliphatic rings. The summed E-state index contributed by atoms with van der Waals surface area (Å²) in [5.41, 5.74) is 1.41. The molecule has 1 unspecified atom stereocenters. The molecule has 2 amide bonds. The summed E-state index contributed by atoms with van der Waals surface area (Å²) in [5, 5.41) is 5.79. The molecule has 1 aromatic carbocycles. The predicted molar refractivity (Wildman–Crippen MR) is 110 cm³/mol. The number of benzene rings is 1. The summed E-state index contributed by atoms with van der Waals surface area (Å²) < 4.78 is 0. The summed E-state index contributed by atoms with van der Waals surface area (Å²) in [4.78, 5) is 27.1. The lowest BCUT2D eigenvalue weighted by molar-refractivity contribution is -0.131. The van der Waals surface area contributed by atoms with Crippen LogP contribution in [0.15, 0.2) is 24.3 Å². The van der Waals surface area contributed by atoms with Gasteiger partial charge in [-0.1, -0.05) is 58.2 Å². The maximum Gasteiger partial charge on any atom is 0.246 e. The zero-order valence-electron chi connectivity index (χ0n) is 17.5. The second-order valence-electron chi connectivity index (χ2n) is 8.80. The van der Waals surface area contributed by atoms with E-state index < -0.39 is 11.5 Å². The van der Waals surface area contributed by atoms with Gasteiger partial charge in [-0.15, -0.1) is 0 Å². The van der Waals surface area contributed by atoms with Crippen LogP contribution in [-0.2, 0) is 16.1 Å². The molecule has 0 aliphatic heterocycles. The van der Waals surface area contributed by atoms with E-state index in [2.05, 4.69) is 28.6 Å². The molecular weight excluding hydrogens is 338 g/mol. The molecule has 0 bridgehead atoms. The second kappa shape index (κ2) is 9.36. The Morgan fingerprint density at radius 3 is 2.41 bits per heavy atom. The molecule has 5 heteroatoms. The first kappa shape index (κ1) is 21.4. The van der Waals surface area contributed by atoms with Gasteiger partial charge in [0.15, 0.2) is 0 Å². The normalized spacial score (nSPS) is 16.8. The molecule has 27 heavy (non-hydrogen) atoms. The van der Waals surface area contributed by atoms with Gasteiger partial charge in [0.1, 0.15) is 6.04 Å². The van der Waals surface area contributed by atoms with Gasteiger partial charge in [-0.25, -0.2) is 0 Å². The van der Waals surface area contributed by atoms with Crippen LogP contribution in [0.25, 0.3) is 0 Å². The van der Waals surface area contributed by atoms with Gasteiger partial charge >= 0.3 is 0 Å². The van der Waals surface area contributed by atoms with Crippen molar-refractivity contribution < 1.29 is 9.59 Å². The lowest BCUT2D eigenvalue weighted by Gasteiger charge is -2.31. The Kier molecular flexibility index (Phi) is 7.42. The highest BCUT2D eigenvalue weighted by molar-refractivity contribution is 5.98. The van der Waals surface area contributed by atoms with Crippen molar-refractivity contribution in [2.24, 2.45) is 5.41 Å². The van der Waals surface area contributed by atoms with E-state index in [-0.39, 0.29) is 11.8 Å². The topological polar surface area (TPSA) is 61.4 Å². The first-order valence-electron chi connectivity index (χ1n) is 10.1. The maximum atomic E-state index is 12.6. The maximum absolute atomic E-state index is 12.6. The average molecular weight is 374 g/mol. The van der Waals surface area contributed by atoms with E-state index in [4.69, 9.17) is 0 Å². The van der Waals surface area contributed by atoms with Crippen LogP contribution in [0.2, 0.25) is 0 Å². The highest BCUT2D eigenvalue weighted by Crippen LogP contribution is 2.25. The first-order valence-corrected chi connectivity index (χ1v) is 10.1. The molecule has 0 aromatic heterocycles. The number of anilines is 1. The van der Waals surface area contributed by atoms with Crippen molar-refractivity contribution in [1.29, 1.82) is 0 Å². The molecule has 0 saturated heterocycles. The molecule has 1 atom stereocenters. The van der Waals surface area contributed by atoms with Gasteiger partial charge < -0.3 is 10.6 Å². The minimum atomic E-state index is -0.583. The van der Waals surface area contributed by atoms with E-state index in [1.165, 1.54) is 32.1 Å². The summed E-state index contributed by atoms with van der Waals surface area (Å²) in [7, 11) is 2.17. The Morgan fingerprint density at radius 2 is 1.78 bits per heavy atom. The second-order valence-corrected chi connectivity index (χ2v) is 8.80. The Bertz CT molecular complexity index is 645. The summed E-state index contributed by atoms with van der Waals surface area (Å²) in [6.07, 6.45) is 6.45. The molecular formula is C22H35N3O2.